The first-order valence-electron chi connectivity index (χ1n) is 11.8. The number of hydrogen-bond donors (Lipinski definition) is 2. The van der Waals surface area contributed by atoms with Gasteiger partial charge in [-0.2, -0.15) is 0 Å². The van der Waals surface area contributed by atoms with Crippen molar-refractivity contribution in [2.24, 2.45) is 10.9 Å². The Hall–Kier alpha value is -2.73. The summed E-state index contributed by atoms with van der Waals surface area (Å²) in [6.45, 7) is 12.5. The van der Waals surface area contributed by atoms with Crippen LogP contribution in [0.4, 0.5) is 5.69 Å². The minimum atomic E-state index is 0.548. The first-order chi connectivity index (χ1) is 15.7. The molecular formula is C26H38N4O2. The number of para-hydroxylation sites is 1. The molecule has 3 rings (SSSR count). The molecule has 1 saturated heterocycles. The van der Waals surface area contributed by atoms with Gasteiger partial charge >= 0.3 is 0 Å². The molecule has 1 unspecified atom stereocenters. The van der Waals surface area contributed by atoms with E-state index in [1.165, 1.54) is 17.7 Å². The molecule has 2 aromatic carbocycles. The van der Waals surface area contributed by atoms with Gasteiger partial charge in [-0.25, -0.2) is 4.99 Å². The fraction of sp³-hybridized carbons (Fsp3) is 0.500. The van der Waals surface area contributed by atoms with Gasteiger partial charge in [-0.15, -0.1) is 0 Å². The summed E-state index contributed by atoms with van der Waals surface area (Å²) < 4.78 is 11.4. The summed E-state index contributed by atoms with van der Waals surface area (Å²) >= 11 is 0. The molecule has 0 bridgehead atoms. The molecule has 1 heterocycles. The van der Waals surface area contributed by atoms with Crippen LogP contribution in [0.25, 0.3) is 0 Å². The molecular weight excluding hydrogens is 400 g/mol. The Morgan fingerprint density at radius 3 is 2.72 bits per heavy atom. The van der Waals surface area contributed by atoms with E-state index in [0.717, 1.165) is 43.5 Å². The Balaban J connectivity index is 1.55. The molecule has 0 spiro atoms. The first kappa shape index (κ1) is 23.9. The number of anilines is 1. The minimum absolute atomic E-state index is 0.548. The largest absolute Gasteiger partial charge is 0.491 e. The summed E-state index contributed by atoms with van der Waals surface area (Å²) in [6.07, 6.45) is 1.19. The van der Waals surface area contributed by atoms with Crippen molar-refractivity contribution < 1.29 is 9.47 Å². The number of hydrogen-bond acceptors (Lipinski definition) is 4. The summed E-state index contributed by atoms with van der Waals surface area (Å²) in [4.78, 5) is 7.29. The third kappa shape index (κ3) is 7.45. The van der Waals surface area contributed by atoms with E-state index >= 15 is 0 Å². The second kappa shape index (κ2) is 13.0. The predicted octanol–water partition coefficient (Wildman–Crippen LogP) is 3.99. The van der Waals surface area contributed by atoms with Crippen molar-refractivity contribution in [2.45, 2.75) is 33.7 Å². The van der Waals surface area contributed by atoms with Gasteiger partial charge in [0.25, 0.3) is 0 Å². The predicted molar refractivity (Wildman–Crippen MR) is 133 cm³/mol. The Labute approximate surface area is 193 Å². The topological polar surface area (TPSA) is 58.1 Å². The highest BCUT2D eigenvalue weighted by molar-refractivity contribution is 5.79. The van der Waals surface area contributed by atoms with Gasteiger partial charge in [-0.05, 0) is 56.9 Å². The zero-order valence-electron chi connectivity index (χ0n) is 19.8. The zero-order chi connectivity index (χ0) is 22.6. The monoisotopic (exact) mass is 438 g/mol. The SMILES string of the molecule is CCNC(=NCc1ccc(C)cc1OCCOCC)NCC1CCN(c2ccccc2)C1. The summed E-state index contributed by atoms with van der Waals surface area (Å²) in [5, 5.41) is 6.92. The van der Waals surface area contributed by atoms with Crippen LogP contribution in [0.2, 0.25) is 0 Å². The van der Waals surface area contributed by atoms with Crippen LogP contribution in [-0.4, -0.2) is 52.0 Å². The number of nitrogens with zero attached hydrogens (tertiary/aromatic N) is 2. The van der Waals surface area contributed by atoms with Crippen LogP contribution in [0.3, 0.4) is 0 Å². The number of benzene rings is 2. The molecule has 0 aromatic heterocycles. The van der Waals surface area contributed by atoms with Crippen LogP contribution in [-0.2, 0) is 11.3 Å². The van der Waals surface area contributed by atoms with Crippen molar-refractivity contribution in [3.05, 3.63) is 59.7 Å². The van der Waals surface area contributed by atoms with E-state index in [1.807, 2.05) is 6.92 Å². The molecule has 1 atom stereocenters. The maximum atomic E-state index is 5.97. The molecule has 174 valence electrons. The molecule has 1 fully saturated rings. The van der Waals surface area contributed by atoms with Crippen molar-refractivity contribution in [1.29, 1.82) is 0 Å². The van der Waals surface area contributed by atoms with Crippen molar-refractivity contribution in [3.8, 4) is 5.75 Å². The molecule has 0 aliphatic carbocycles. The van der Waals surface area contributed by atoms with Gasteiger partial charge in [0.1, 0.15) is 12.4 Å². The van der Waals surface area contributed by atoms with Crippen molar-refractivity contribution in [1.82, 2.24) is 10.6 Å². The van der Waals surface area contributed by atoms with Gasteiger partial charge in [0.2, 0.25) is 0 Å². The molecule has 1 aliphatic heterocycles. The van der Waals surface area contributed by atoms with Crippen molar-refractivity contribution in [2.75, 3.05) is 50.9 Å². The van der Waals surface area contributed by atoms with E-state index in [-0.39, 0.29) is 0 Å². The molecule has 2 aromatic rings. The molecule has 0 amide bonds. The van der Waals surface area contributed by atoms with E-state index in [4.69, 9.17) is 14.5 Å². The van der Waals surface area contributed by atoms with E-state index in [1.54, 1.807) is 0 Å². The number of aryl methyl sites for hydroxylation is 1. The summed E-state index contributed by atoms with van der Waals surface area (Å²) in [5.41, 5.74) is 3.57. The Morgan fingerprint density at radius 1 is 1.09 bits per heavy atom. The van der Waals surface area contributed by atoms with Crippen LogP contribution in [0, 0.1) is 12.8 Å². The highest BCUT2D eigenvalue weighted by Gasteiger charge is 2.22. The van der Waals surface area contributed by atoms with Crippen molar-refractivity contribution in [3.63, 3.8) is 0 Å². The number of guanidine groups is 1. The summed E-state index contributed by atoms with van der Waals surface area (Å²) in [5.74, 6) is 2.35. The smallest absolute Gasteiger partial charge is 0.191 e. The lowest BCUT2D eigenvalue weighted by Gasteiger charge is -2.19. The quantitative estimate of drug-likeness (QED) is 0.316. The number of rotatable bonds is 11. The highest BCUT2D eigenvalue weighted by Crippen LogP contribution is 2.23. The molecule has 1 aliphatic rings. The van der Waals surface area contributed by atoms with E-state index in [0.29, 0.717) is 32.3 Å². The summed E-state index contributed by atoms with van der Waals surface area (Å²) in [6, 6.07) is 17.0. The van der Waals surface area contributed by atoms with Gasteiger partial charge in [0.05, 0.1) is 13.2 Å². The molecule has 0 radical (unpaired) electrons. The zero-order valence-corrected chi connectivity index (χ0v) is 19.8. The van der Waals surface area contributed by atoms with Crippen LogP contribution in [0.15, 0.2) is 53.5 Å². The van der Waals surface area contributed by atoms with Gasteiger partial charge in [-0.1, -0.05) is 30.3 Å². The van der Waals surface area contributed by atoms with Gasteiger partial charge in [-0.3, -0.25) is 0 Å². The second-order valence-corrected chi connectivity index (χ2v) is 8.17. The van der Waals surface area contributed by atoms with Crippen LogP contribution >= 0.6 is 0 Å². The molecule has 32 heavy (non-hydrogen) atoms. The third-order valence-electron chi connectivity index (χ3n) is 5.63. The summed E-state index contributed by atoms with van der Waals surface area (Å²) in [7, 11) is 0. The van der Waals surface area contributed by atoms with Gasteiger partial charge in [0, 0.05) is 44.0 Å². The normalized spacial score (nSPS) is 16.3. The Morgan fingerprint density at radius 2 is 1.94 bits per heavy atom. The molecule has 0 saturated carbocycles. The third-order valence-corrected chi connectivity index (χ3v) is 5.63. The number of aliphatic imine (C=N–C) groups is 1. The van der Waals surface area contributed by atoms with Gasteiger partial charge in [0.15, 0.2) is 5.96 Å². The first-order valence-corrected chi connectivity index (χ1v) is 11.8. The van der Waals surface area contributed by atoms with Crippen molar-refractivity contribution >= 4 is 11.6 Å². The maximum absolute atomic E-state index is 5.97. The Kier molecular flexibility index (Phi) is 9.69. The highest BCUT2D eigenvalue weighted by atomic mass is 16.5. The molecule has 2 N–H and O–H groups in total. The van der Waals surface area contributed by atoms with E-state index < -0.39 is 0 Å². The standard InChI is InChI=1S/C26H38N4O2/c1-4-27-26(28-18-22-13-14-30(20-22)24-9-7-6-8-10-24)29-19-23-12-11-21(3)17-25(23)32-16-15-31-5-2/h6-12,17,22H,4-5,13-16,18-20H2,1-3H3,(H2,27,28,29). The van der Waals surface area contributed by atoms with Crippen LogP contribution in [0.5, 0.6) is 5.75 Å². The number of ether oxygens (including phenoxy) is 2. The fourth-order valence-electron chi connectivity index (χ4n) is 3.90. The fourth-order valence-corrected chi connectivity index (χ4v) is 3.90. The second-order valence-electron chi connectivity index (χ2n) is 8.17. The molecule has 6 heteroatoms. The van der Waals surface area contributed by atoms with Crippen LogP contribution in [0.1, 0.15) is 31.4 Å². The van der Waals surface area contributed by atoms with Crippen LogP contribution < -0.4 is 20.3 Å². The minimum Gasteiger partial charge on any atom is -0.491 e. The van der Waals surface area contributed by atoms with Gasteiger partial charge < -0.3 is 25.0 Å². The number of nitrogens with one attached hydrogen (secondary N) is 2. The average Bonchev–Trinajstić information content (AvgIpc) is 3.29. The maximum Gasteiger partial charge on any atom is 0.191 e. The van der Waals surface area contributed by atoms with E-state index in [2.05, 4.69) is 77.9 Å². The lowest BCUT2D eigenvalue weighted by atomic mass is 10.1. The van der Waals surface area contributed by atoms with E-state index in [9.17, 15) is 0 Å². The lowest BCUT2D eigenvalue weighted by Crippen LogP contribution is -2.40. The average molecular weight is 439 g/mol. The Bertz CT molecular complexity index is 841. The lowest BCUT2D eigenvalue weighted by molar-refractivity contribution is 0.110. The molecule has 6 nitrogen and oxygen atoms in total.